The van der Waals surface area contributed by atoms with Crippen LogP contribution in [-0.4, -0.2) is 34.0 Å². The molecule has 3 heterocycles. The molecule has 0 radical (unpaired) electrons. The first kappa shape index (κ1) is 15.9. The minimum Gasteiger partial charge on any atom is -0.350 e. The lowest BCUT2D eigenvalue weighted by Crippen LogP contribution is -2.46. The van der Waals surface area contributed by atoms with E-state index in [2.05, 4.69) is 14.9 Å². The summed E-state index contributed by atoms with van der Waals surface area (Å²) in [6, 6.07) is 7.97. The molecule has 130 valence electrons. The number of aryl methyl sites for hydroxylation is 2. The molecule has 0 spiro atoms. The van der Waals surface area contributed by atoms with Crippen molar-refractivity contribution in [3.8, 4) is 0 Å². The van der Waals surface area contributed by atoms with Gasteiger partial charge in [-0.15, -0.1) is 0 Å². The molecular weight excluding hydrogens is 316 g/mol. The lowest BCUT2D eigenvalue weighted by atomic mass is 10.1. The molecule has 2 amide bonds. The summed E-state index contributed by atoms with van der Waals surface area (Å²) >= 11 is 0. The Hall–Kier alpha value is -2.63. The van der Waals surface area contributed by atoms with Crippen LogP contribution in [0.3, 0.4) is 0 Å². The maximum atomic E-state index is 12.6. The number of hydrogen-bond acceptors (Lipinski definition) is 3. The van der Waals surface area contributed by atoms with Gasteiger partial charge in [-0.1, -0.05) is 18.2 Å². The number of rotatable bonds is 3. The van der Waals surface area contributed by atoms with Gasteiger partial charge in [-0.25, -0.2) is 4.98 Å². The first-order valence-electron chi connectivity index (χ1n) is 8.88. The van der Waals surface area contributed by atoms with Gasteiger partial charge in [0.25, 0.3) is 0 Å². The van der Waals surface area contributed by atoms with E-state index in [-0.39, 0.29) is 24.4 Å². The van der Waals surface area contributed by atoms with Gasteiger partial charge in [-0.2, -0.15) is 0 Å². The SMILES string of the molecule is O=C(CN1C(=O)CCCc2ccccc21)NC1CCc2nccn2C1. The molecule has 0 saturated carbocycles. The monoisotopic (exact) mass is 338 g/mol. The fraction of sp³-hybridized carbons (Fsp3) is 0.421. The Kier molecular flexibility index (Phi) is 4.26. The molecule has 0 saturated heterocycles. The smallest absolute Gasteiger partial charge is 0.240 e. The van der Waals surface area contributed by atoms with Gasteiger partial charge in [0.05, 0.1) is 0 Å². The average Bonchev–Trinajstić information content (AvgIpc) is 3.02. The maximum absolute atomic E-state index is 12.6. The fourth-order valence-electron chi connectivity index (χ4n) is 3.76. The van der Waals surface area contributed by atoms with Gasteiger partial charge in [0.2, 0.25) is 11.8 Å². The van der Waals surface area contributed by atoms with E-state index in [1.165, 1.54) is 0 Å². The van der Waals surface area contributed by atoms with E-state index in [4.69, 9.17) is 0 Å². The molecule has 1 N–H and O–H groups in total. The lowest BCUT2D eigenvalue weighted by molar-refractivity contribution is -0.124. The van der Waals surface area contributed by atoms with E-state index in [1.54, 1.807) is 11.1 Å². The summed E-state index contributed by atoms with van der Waals surface area (Å²) in [5, 5.41) is 3.09. The number of aromatic nitrogens is 2. The first-order valence-corrected chi connectivity index (χ1v) is 8.88. The number of para-hydroxylation sites is 1. The van der Waals surface area contributed by atoms with Crippen molar-refractivity contribution in [3.05, 3.63) is 48.0 Å². The Morgan fingerprint density at radius 1 is 1.24 bits per heavy atom. The van der Waals surface area contributed by atoms with Gasteiger partial charge in [-0.3, -0.25) is 9.59 Å². The molecule has 2 aromatic rings. The summed E-state index contributed by atoms with van der Waals surface area (Å²) in [5.41, 5.74) is 2.02. The minimum atomic E-state index is -0.0985. The molecule has 6 nitrogen and oxygen atoms in total. The normalized spacial score (nSPS) is 19.8. The first-order chi connectivity index (χ1) is 12.2. The lowest BCUT2D eigenvalue weighted by Gasteiger charge is -2.27. The van der Waals surface area contributed by atoms with Crippen LogP contribution in [0.5, 0.6) is 0 Å². The Balaban J connectivity index is 1.44. The highest BCUT2D eigenvalue weighted by Gasteiger charge is 2.26. The molecule has 1 unspecified atom stereocenters. The second-order valence-electron chi connectivity index (χ2n) is 6.76. The number of nitrogens with zero attached hydrogens (tertiary/aromatic N) is 3. The fourth-order valence-corrected chi connectivity index (χ4v) is 3.76. The zero-order valence-corrected chi connectivity index (χ0v) is 14.1. The summed E-state index contributed by atoms with van der Waals surface area (Å²) in [5.74, 6) is 1.00. The van der Waals surface area contributed by atoms with Gasteiger partial charge < -0.3 is 14.8 Å². The Labute approximate surface area is 146 Å². The Bertz CT molecular complexity index is 798. The zero-order valence-electron chi connectivity index (χ0n) is 14.1. The highest BCUT2D eigenvalue weighted by atomic mass is 16.2. The van der Waals surface area contributed by atoms with Crippen molar-refractivity contribution in [2.75, 3.05) is 11.4 Å². The van der Waals surface area contributed by atoms with Crippen LogP contribution >= 0.6 is 0 Å². The van der Waals surface area contributed by atoms with Crippen LogP contribution in [0.4, 0.5) is 5.69 Å². The molecule has 25 heavy (non-hydrogen) atoms. The van der Waals surface area contributed by atoms with Crippen LogP contribution in [0.25, 0.3) is 0 Å². The van der Waals surface area contributed by atoms with Crippen LogP contribution in [-0.2, 0) is 29.0 Å². The Morgan fingerprint density at radius 3 is 3.04 bits per heavy atom. The summed E-state index contributed by atoms with van der Waals surface area (Å²) in [6.07, 6.45) is 7.70. The topological polar surface area (TPSA) is 67.2 Å². The van der Waals surface area contributed by atoms with Crippen LogP contribution in [0.2, 0.25) is 0 Å². The van der Waals surface area contributed by atoms with Crippen molar-refractivity contribution in [1.29, 1.82) is 0 Å². The van der Waals surface area contributed by atoms with E-state index >= 15 is 0 Å². The van der Waals surface area contributed by atoms with Crippen molar-refractivity contribution in [2.24, 2.45) is 0 Å². The summed E-state index contributed by atoms with van der Waals surface area (Å²) in [7, 11) is 0. The number of carbonyl (C=O) groups is 2. The molecule has 2 aliphatic heterocycles. The molecule has 6 heteroatoms. The van der Waals surface area contributed by atoms with Gasteiger partial charge in [0.15, 0.2) is 0 Å². The summed E-state index contributed by atoms with van der Waals surface area (Å²) in [6.45, 7) is 0.828. The third kappa shape index (κ3) is 3.29. The molecule has 2 aliphatic rings. The molecule has 4 rings (SSSR count). The number of fused-ring (bicyclic) bond motifs is 2. The quantitative estimate of drug-likeness (QED) is 0.926. The average molecular weight is 338 g/mol. The number of hydrogen-bond donors (Lipinski definition) is 1. The van der Waals surface area contributed by atoms with Crippen molar-refractivity contribution < 1.29 is 9.59 Å². The minimum absolute atomic E-state index is 0.0284. The van der Waals surface area contributed by atoms with Gasteiger partial charge in [0.1, 0.15) is 12.4 Å². The van der Waals surface area contributed by atoms with E-state index in [0.717, 1.165) is 49.3 Å². The predicted octanol–water partition coefficient (Wildman–Crippen LogP) is 1.68. The van der Waals surface area contributed by atoms with Crippen molar-refractivity contribution in [1.82, 2.24) is 14.9 Å². The molecule has 0 bridgehead atoms. The standard InChI is InChI=1S/C19H22N4O2/c24-18(21-15-8-9-17-20-10-11-22(17)12-15)13-23-16-6-2-1-4-14(16)5-3-7-19(23)25/h1-2,4,6,10-11,15H,3,5,7-9,12-13H2,(H,21,24). The van der Waals surface area contributed by atoms with Crippen LogP contribution in [0.15, 0.2) is 36.7 Å². The third-order valence-corrected chi connectivity index (χ3v) is 5.02. The number of benzene rings is 1. The highest BCUT2D eigenvalue weighted by molar-refractivity contribution is 5.99. The largest absolute Gasteiger partial charge is 0.350 e. The second kappa shape index (κ2) is 6.70. The van der Waals surface area contributed by atoms with E-state index in [0.29, 0.717) is 6.42 Å². The number of amides is 2. The number of imidazole rings is 1. The number of carbonyl (C=O) groups excluding carboxylic acids is 2. The van der Waals surface area contributed by atoms with Crippen LogP contribution < -0.4 is 10.2 Å². The molecular formula is C19H22N4O2. The van der Waals surface area contributed by atoms with Crippen LogP contribution in [0, 0.1) is 0 Å². The van der Waals surface area contributed by atoms with Gasteiger partial charge >= 0.3 is 0 Å². The molecule has 0 aliphatic carbocycles. The molecule has 0 fully saturated rings. The van der Waals surface area contributed by atoms with Gasteiger partial charge in [0, 0.05) is 43.5 Å². The number of nitrogens with one attached hydrogen (secondary N) is 1. The zero-order chi connectivity index (χ0) is 17.2. The molecule has 1 atom stereocenters. The van der Waals surface area contributed by atoms with E-state index < -0.39 is 0 Å². The van der Waals surface area contributed by atoms with Crippen LogP contribution in [0.1, 0.15) is 30.7 Å². The van der Waals surface area contributed by atoms with E-state index in [1.807, 2.05) is 30.5 Å². The predicted molar refractivity (Wildman–Crippen MR) is 94.2 cm³/mol. The van der Waals surface area contributed by atoms with Crippen molar-refractivity contribution in [2.45, 2.75) is 44.7 Å². The van der Waals surface area contributed by atoms with E-state index in [9.17, 15) is 9.59 Å². The second-order valence-corrected chi connectivity index (χ2v) is 6.76. The summed E-state index contributed by atoms with van der Waals surface area (Å²) in [4.78, 5) is 31.0. The summed E-state index contributed by atoms with van der Waals surface area (Å²) < 4.78 is 2.08. The highest BCUT2D eigenvalue weighted by Crippen LogP contribution is 2.26. The molecule has 1 aromatic heterocycles. The number of anilines is 1. The molecule has 1 aromatic carbocycles. The Morgan fingerprint density at radius 2 is 2.12 bits per heavy atom. The van der Waals surface area contributed by atoms with Crippen molar-refractivity contribution in [3.63, 3.8) is 0 Å². The maximum Gasteiger partial charge on any atom is 0.240 e. The van der Waals surface area contributed by atoms with Gasteiger partial charge in [-0.05, 0) is 30.9 Å². The third-order valence-electron chi connectivity index (χ3n) is 5.02. The van der Waals surface area contributed by atoms with Crippen molar-refractivity contribution >= 4 is 17.5 Å².